The van der Waals surface area contributed by atoms with Crippen LogP contribution in [-0.4, -0.2) is 37.3 Å². The lowest BCUT2D eigenvalue weighted by atomic mass is 10.0. The van der Waals surface area contributed by atoms with Crippen molar-refractivity contribution < 1.29 is 4.74 Å². The van der Waals surface area contributed by atoms with E-state index in [0.29, 0.717) is 12.6 Å². The molecule has 0 radical (unpaired) electrons. The molecule has 0 aromatic heterocycles. The van der Waals surface area contributed by atoms with Gasteiger partial charge < -0.3 is 10.1 Å². The maximum atomic E-state index is 5.91. The smallest absolute Gasteiger partial charge is 0.0997 e. The summed E-state index contributed by atoms with van der Waals surface area (Å²) in [6, 6.07) is 11.1. The molecule has 1 aromatic carbocycles. The monoisotopic (exact) mass is 290 g/mol. The summed E-state index contributed by atoms with van der Waals surface area (Å²) in [6.07, 6.45) is 3.94. The summed E-state index contributed by atoms with van der Waals surface area (Å²) in [5.41, 5.74) is 1.25. The van der Waals surface area contributed by atoms with Crippen LogP contribution >= 0.6 is 0 Å². The summed E-state index contributed by atoms with van der Waals surface area (Å²) in [5, 5.41) is 3.60. The Labute approximate surface area is 129 Å². The van der Waals surface area contributed by atoms with Crippen molar-refractivity contribution in [2.75, 3.05) is 26.4 Å². The van der Waals surface area contributed by atoms with Gasteiger partial charge in [0.2, 0.25) is 0 Å². The molecule has 1 fully saturated rings. The normalized spacial score (nSPS) is 20.0. The van der Waals surface area contributed by atoms with Gasteiger partial charge in [0.25, 0.3) is 0 Å². The molecule has 0 saturated carbocycles. The van der Waals surface area contributed by atoms with E-state index in [1.807, 2.05) is 6.07 Å². The van der Waals surface area contributed by atoms with Crippen LogP contribution in [0.4, 0.5) is 0 Å². The highest BCUT2D eigenvalue weighted by molar-refractivity contribution is 5.13. The first-order valence-corrected chi connectivity index (χ1v) is 8.32. The second-order valence-corrected chi connectivity index (χ2v) is 6.48. The predicted molar refractivity (Wildman–Crippen MR) is 88.2 cm³/mol. The molecular weight excluding hydrogens is 260 g/mol. The van der Waals surface area contributed by atoms with Crippen molar-refractivity contribution in [3.05, 3.63) is 35.9 Å². The number of likely N-dealkylation sites (tertiary alicyclic amines) is 1. The van der Waals surface area contributed by atoms with Crippen LogP contribution in [0.25, 0.3) is 0 Å². The molecule has 118 valence electrons. The largest absolute Gasteiger partial charge is 0.361 e. The zero-order valence-corrected chi connectivity index (χ0v) is 13.6. The van der Waals surface area contributed by atoms with Crippen molar-refractivity contribution >= 4 is 0 Å². The molecule has 1 aliphatic heterocycles. The fourth-order valence-electron chi connectivity index (χ4n) is 2.85. The van der Waals surface area contributed by atoms with E-state index in [-0.39, 0.29) is 0 Å². The third-order valence-corrected chi connectivity index (χ3v) is 4.05. The number of rotatable bonds is 8. The molecule has 1 aromatic rings. The minimum atomic E-state index is 0.633. The van der Waals surface area contributed by atoms with Crippen molar-refractivity contribution in [3.8, 4) is 0 Å². The minimum Gasteiger partial charge on any atom is -0.361 e. The average Bonchev–Trinajstić information content (AvgIpc) is 2.49. The number of piperidine rings is 1. The number of hydrogen-bond donors (Lipinski definition) is 1. The number of benzene rings is 1. The molecule has 21 heavy (non-hydrogen) atoms. The van der Waals surface area contributed by atoms with Crippen LogP contribution in [0.2, 0.25) is 0 Å². The summed E-state index contributed by atoms with van der Waals surface area (Å²) in [5.74, 6) is 0.719. The Bertz CT molecular complexity index is 380. The van der Waals surface area contributed by atoms with E-state index in [4.69, 9.17) is 4.74 Å². The highest BCUT2D eigenvalue weighted by Crippen LogP contribution is 2.16. The Balaban J connectivity index is 1.71. The molecule has 1 heterocycles. The van der Waals surface area contributed by atoms with Crippen LogP contribution in [-0.2, 0) is 11.3 Å². The Kier molecular flexibility index (Phi) is 7.20. The summed E-state index contributed by atoms with van der Waals surface area (Å²) >= 11 is 0. The van der Waals surface area contributed by atoms with Crippen molar-refractivity contribution in [1.29, 1.82) is 0 Å². The van der Waals surface area contributed by atoms with Crippen LogP contribution in [0.1, 0.15) is 38.7 Å². The van der Waals surface area contributed by atoms with Gasteiger partial charge >= 0.3 is 0 Å². The Morgan fingerprint density at radius 3 is 2.81 bits per heavy atom. The second kappa shape index (κ2) is 9.19. The van der Waals surface area contributed by atoms with Crippen LogP contribution in [0.15, 0.2) is 30.3 Å². The highest BCUT2D eigenvalue weighted by Gasteiger charge is 2.21. The first-order chi connectivity index (χ1) is 10.3. The highest BCUT2D eigenvalue weighted by atomic mass is 16.5. The van der Waals surface area contributed by atoms with Crippen molar-refractivity contribution in [2.45, 2.75) is 45.8 Å². The maximum absolute atomic E-state index is 5.91. The fourth-order valence-corrected chi connectivity index (χ4v) is 2.85. The zero-order valence-electron chi connectivity index (χ0n) is 13.6. The van der Waals surface area contributed by atoms with E-state index in [0.717, 1.165) is 25.7 Å². The van der Waals surface area contributed by atoms with Crippen LogP contribution < -0.4 is 5.32 Å². The number of nitrogens with one attached hydrogen (secondary N) is 1. The molecule has 0 bridgehead atoms. The molecule has 1 atom stereocenters. The summed E-state index contributed by atoms with van der Waals surface area (Å²) in [7, 11) is 0. The SMILES string of the molecule is CC(C)CNCC1CCCCN1COCc1ccccc1. The van der Waals surface area contributed by atoms with Gasteiger partial charge in [-0.05, 0) is 30.9 Å². The lowest BCUT2D eigenvalue weighted by Crippen LogP contribution is -2.46. The van der Waals surface area contributed by atoms with Gasteiger partial charge in [-0.3, -0.25) is 4.90 Å². The first-order valence-electron chi connectivity index (χ1n) is 8.32. The van der Waals surface area contributed by atoms with Gasteiger partial charge in [0.1, 0.15) is 0 Å². The molecule has 3 nitrogen and oxygen atoms in total. The lowest BCUT2D eigenvalue weighted by Gasteiger charge is -2.35. The van der Waals surface area contributed by atoms with Crippen molar-refractivity contribution in [3.63, 3.8) is 0 Å². The van der Waals surface area contributed by atoms with Gasteiger partial charge in [-0.2, -0.15) is 0 Å². The number of ether oxygens (including phenoxy) is 1. The van der Waals surface area contributed by atoms with E-state index < -0.39 is 0 Å². The minimum absolute atomic E-state index is 0.633. The topological polar surface area (TPSA) is 24.5 Å². The molecule has 2 rings (SSSR count). The van der Waals surface area contributed by atoms with Crippen LogP contribution in [0, 0.1) is 5.92 Å². The summed E-state index contributed by atoms with van der Waals surface area (Å²) in [4.78, 5) is 2.50. The maximum Gasteiger partial charge on any atom is 0.0997 e. The van der Waals surface area contributed by atoms with E-state index in [9.17, 15) is 0 Å². The second-order valence-electron chi connectivity index (χ2n) is 6.48. The number of nitrogens with zero attached hydrogens (tertiary/aromatic N) is 1. The predicted octanol–water partition coefficient (Wildman–Crippen LogP) is 3.26. The standard InChI is InChI=1S/C18H30N2O/c1-16(2)12-19-13-18-10-6-7-11-20(18)15-21-14-17-8-4-3-5-9-17/h3-5,8-9,16,18-19H,6-7,10-15H2,1-2H3. The molecule has 0 amide bonds. The Morgan fingerprint density at radius 2 is 2.05 bits per heavy atom. The third-order valence-electron chi connectivity index (χ3n) is 4.05. The van der Waals surface area contributed by atoms with Crippen LogP contribution in [0.5, 0.6) is 0 Å². The molecular formula is C18H30N2O. The Hall–Kier alpha value is -0.900. The van der Waals surface area contributed by atoms with Crippen molar-refractivity contribution in [1.82, 2.24) is 10.2 Å². The third kappa shape index (κ3) is 6.16. The quantitative estimate of drug-likeness (QED) is 0.795. The average molecular weight is 290 g/mol. The van der Waals surface area contributed by atoms with E-state index in [1.165, 1.54) is 31.4 Å². The van der Waals surface area contributed by atoms with Gasteiger partial charge in [-0.15, -0.1) is 0 Å². The van der Waals surface area contributed by atoms with Gasteiger partial charge in [0, 0.05) is 19.1 Å². The lowest BCUT2D eigenvalue weighted by molar-refractivity contribution is -0.0171. The van der Waals surface area contributed by atoms with Gasteiger partial charge in [-0.25, -0.2) is 0 Å². The first kappa shape index (κ1) is 16.5. The van der Waals surface area contributed by atoms with Crippen LogP contribution in [0.3, 0.4) is 0 Å². The fraction of sp³-hybridized carbons (Fsp3) is 0.667. The molecule has 3 heteroatoms. The zero-order chi connectivity index (χ0) is 14.9. The summed E-state index contributed by atoms with van der Waals surface area (Å²) < 4.78 is 5.91. The molecule has 1 N–H and O–H groups in total. The molecule has 1 unspecified atom stereocenters. The van der Waals surface area contributed by atoms with E-state index in [1.54, 1.807) is 0 Å². The van der Waals surface area contributed by atoms with Gasteiger partial charge in [0.15, 0.2) is 0 Å². The van der Waals surface area contributed by atoms with Crippen molar-refractivity contribution in [2.24, 2.45) is 5.92 Å². The number of hydrogen-bond acceptors (Lipinski definition) is 3. The Morgan fingerprint density at radius 1 is 1.24 bits per heavy atom. The molecule has 0 spiro atoms. The van der Waals surface area contributed by atoms with Gasteiger partial charge in [0.05, 0.1) is 13.3 Å². The molecule has 0 aliphatic carbocycles. The van der Waals surface area contributed by atoms with E-state index >= 15 is 0 Å². The summed E-state index contributed by atoms with van der Waals surface area (Å²) in [6.45, 7) is 9.35. The van der Waals surface area contributed by atoms with E-state index in [2.05, 4.69) is 48.3 Å². The molecule has 1 aliphatic rings. The molecule has 1 saturated heterocycles. The van der Waals surface area contributed by atoms with Gasteiger partial charge in [-0.1, -0.05) is 50.6 Å².